The lowest BCUT2D eigenvalue weighted by atomic mass is 10.1. The van der Waals surface area contributed by atoms with Gasteiger partial charge in [0.05, 0.1) is 23.5 Å². The Kier molecular flexibility index (Phi) is 5.98. The molecule has 1 aromatic heterocycles. The predicted molar refractivity (Wildman–Crippen MR) is 109 cm³/mol. The summed E-state index contributed by atoms with van der Waals surface area (Å²) in [6, 6.07) is 15.2. The second-order valence-electron chi connectivity index (χ2n) is 6.22. The van der Waals surface area contributed by atoms with Crippen molar-refractivity contribution >= 4 is 28.8 Å². The van der Waals surface area contributed by atoms with E-state index in [0.29, 0.717) is 12.8 Å². The van der Waals surface area contributed by atoms with Crippen LogP contribution >= 0.6 is 11.3 Å². The normalized spacial score (nSPS) is 10.4. The van der Waals surface area contributed by atoms with E-state index < -0.39 is 0 Å². The van der Waals surface area contributed by atoms with Crippen molar-refractivity contribution in [3.8, 4) is 11.3 Å². The molecule has 2 aromatic carbocycles. The van der Waals surface area contributed by atoms with Gasteiger partial charge in [-0.15, -0.1) is 11.3 Å². The van der Waals surface area contributed by atoms with Crippen LogP contribution in [0.25, 0.3) is 11.3 Å². The van der Waals surface area contributed by atoms with E-state index in [0.717, 1.165) is 33.1 Å². The Balaban J connectivity index is 1.56. The van der Waals surface area contributed by atoms with Crippen LogP contribution in [0.5, 0.6) is 0 Å². The molecule has 2 amide bonds. The molecule has 0 saturated carbocycles. The maximum atomic E-state index is 12.3. The average Bonchev–Trinajstić information content (AvgIpc) is 3.10. The van der Waals surface area contributed by atoms with Gasteiger partial charge in [-0.2, -0.15) is 0 Å². The molecule has 6 heteroatoms. The summed E-state index contributed by atoms with van der Waals surface area (Å²) in [6.45, 7) is 1.98. The number of anilines is 1. The van der Waals surface area contributed by atoms with Gasteiger partial charge >= 0.3 is 0 Å². The molecule has 27 heavy (non-hydrogen) atoms. The highest BCUT2D eigenvalue weighted by molar-refractivity contribution is 7.09. The number of carbonyl (C=O) groups excluding carboxylic acids is 2. The van der Waals surface area contributed by atoms with Gasteiger partial charge in [-0.25, -0.2) is 4.98 Å². The topological polar surface area (TPSA) is 71.1 Å². The fraction of sp³-hybridized carbons (Fsp3) is 0.190. The summed E-state index contributed by atoms with van der Waals surface area (Å²) in [6.07, 6.45) is 0.631. The first-order valence-corrected chi connectivity index (χ1v) is 9.52. The number of benzene rings is 2. The van der Waals surface area contributed by atoms with Crippen LogP contribution in [0, 0.1) is 6.92 Å². The second kappa shape index (κ2) is 8.60. The number of rotatable bonds is 6. The highest BCUT2D eigenvalue weighted by Crippen LogP contribution is 2.22. The van der Waals surface area contributed by atoms with Crippen molar-refractivity contribution in [1.82, 2.24) is 10.3 Å². The number of hydrogen-bond donors (Lipinski definition) is 2. The van der Waals surface area contributed by atoms with Crippen molar-refractivity contribution in [2.45, 2.75) is 19.8 Å². The molecular formula is C21H21N3O2S. The van der Waals surface area contributed by atoms with E-state index in [2.05, 4.69) is 15.6 Å². The van der Waals surface area contributed by atoms with Gasteiger partial charge in [-0.05, 0) is 30.2 Å². The number of nitrogens with one attached hydrogen (secondary N) is 2. The number of hydrogen-bond acceptors (Lipinski definition) is 4. The molecule has 2 N–H and O–H groups in total. The van der Waals surface area contributed by atoms with Crippen molar-refractivity contribution in [3.05, 3.63) is 70.0 Å². The molecule has 0 unspecified atom stereocenters. The Labute approximate surface area is 162 Å². The smallest absolute Gasteiger partial charge is 0.228 e. The second-order valence-corrected chi connectivity index (χ2v) is 7.28. The van der Waals surface area contributed by atoms with E-state index >= 15 is 0 Å². The van der Waals surface area contributed by atoms with Crippen molar-refractivity contribution in [2.24, 2.45) is 0 Å². The van der Waals surface area contributed by atoms with E-state index in [9.17, 15) is 9.59 Å². The maximum absolute atomic E-state index is 12.3. The first kappa shape index (κ1) is 18.8. The average molecular weight is 379 g/mol. The number of thiazole rings is 1. The molecule has 0 radical (unpaired) electrons. The van der Waals surface area contributed by atoms with Gasteiger partial charge in [0, 0.05) is 23.7 Å². The standard InChI is InChI=1S/C21H21N3O2S/c1-14-23-19(13-27-14)17-7-3-15(4-8-17)12-21(26)24-18-9-5-16(6-10-18)11-20(25)22-2/h3-10,13H,11-12H2,1-2H3,(H,22,25)(H,24,26). The van der Waals surface area contributed by atoms with E-state index in [1.807, 2.05) is 60.8 Å². The zero-order valence-electron chi connectivity index (χ0n) is 15.3. The van der Waals surface area contributed by atoms with E-state index in [-0.39, 0.29) is 11.8 Å². The van der Waals surface area contributed by atoms with Crippen LogP contribution in [0.15, 0.2) is 53.9 Å². The summed E-state index contributed by atoms with van der Waals surface area (Å²) in [7, 11) is 1.61. The van der Waals surface area contributed by atoms with E-state index in [4.69, 9.17) is 0 Å². The number of likely N-dealkylation sites (N-methyl/N-ethyl adjacent to an activating group) is 1. The van der Waals surface area contributed by atoms with Crippen LogP contribution in [-0.2, 0) is 22.4 Å². The van der Waals surface area contributed by atoms with Crippen molar-refractivity contribution in [2.75, 3.05) is 12.4 Å². The zero-order valence-corrected chi connectivity index (χ0v) is 16.1. The number of aromatic nitrogens is 1. The lowest BCUT2D eigenvalue weighted by Gasteiger charge is -2.07. The van der Waals surface area contributed by atoms with Crippen LogP contribution in [0.2, 0.25) is 0 Å². The fourth-order valence-electron chi connectivity index (χ4n) is 2.66. The summed E-state index contributed by atoms with van der Waals surface area (Å²) < 4.78 is 0. The minimum absolute atomic E-state index is 0.0388. The first-order chi connectivity index (χ1) is 13.0. The van der Waals surface area contributed by atoms with Gasteiger partial charge in [0.1, 0.15) is 0 Å². The van der Waals surface area contributed by atoms with Crippen LogP contribution in [0.1, 0.15) is 16.1 Å². The van der Waals surface area contributed by atoms with E-state index in [1.54, 1.807) is 18.4 Å². The van der Waals surface area contributed by atoms with Crippen molar-refractivity contribution in [1.29, 1.82) is 0 Å². The molecule has 0 aliphatic heterocycles. The highest BCUT2D eigenvalue weighted by atomic mass is 32.1. The van der Waals surface area contributed by atoms with Crippen molar-refractivity contribution < 1.29 is 9.59 Å². The third kappa shape index (κ3) is 5.24. The molecule has 1 heterocycles. The lowest BCUT2D eigenvalue weighted by Crippen LogP contribution is -2.20. The Morgan fingerprint density at radius 1 is 0.926 bits per heavy atom. The Bertz CT molecular complexity index is 931. The summed E-state index contributed by atoms with van der Waals surface area (Å²) >= 11 is 1.62. The Morgan fingerprint density at radius 2 is 1.52 bits per heavy atom. The largest absolute Gasteiger partial charge is 0.359 e. The Hall–Kier alpha value is -2.99. The van der Waals surface area contributed by atoms with Crippen molar-refractivity contribution in [3.63, 3.8) is 0 Å². The van der Waals surface area contributed by atoms with Crippen LogP contribution < -0.4 is 10.6 Å². The van der Waals surface area contributed by atoms with Crippen LogP contribution in [0.3, 0.4) is 0 Å². The van der Waals surface area contributed by atoms with Gasteiger partial charge in [-0.3, -0.25) is 9.59 Å². The quantitative estimate of drug-likeness (QED) is 0.688. The molecule has 0 bridgehead atoms. The third-order valence-corrected chi connectivity index (χ3v) is 4.89. The summed E-state index contributed by atoms with van der Waals surface area (Å²) in [4.78, 5) is 28.1. The minimum Gasteiger partial charge on any atom is -0.359 e. The number of aryl methyl sites for hydroxylation is 1. The molecule has 0 aliphatic rings. The molecule has 138 valence electrons. The molecule has 3 aromatic rings. The van der Waals surface area contributed by atoms with Gasteiger partial charge in [0.25, 0.3) is 0 Å². The summed E-state index contributed by atoms with van der Waals surface area (Å²) in [5.74, 6) is -0.116. The SMILES string of the molecule is CNC(=O)Cc1ccc(NC(=O)Cc2ccc(-c3csc(C)n3)cc2)cc1. The zero-order chi connectivity index (χ0) is 19.2. The van der Waals surface area contributed by atoms with Crippen LogP contribution in [-0.4, -0.2) is 23.8 Å². The van der Waals surface area contributed by atoms with Crippen LogP contribution in [0.4, 0.5) is 5.69 Å². The maximum Gasteiger partial charge on any atom is 0.228 e. The molecule has 0 spiro atoms. The molecule has 0 aliphatic carbocycles. The molecule has 0 atom stereocenters. The highest BCUT2D eigenvalue weighted by Gasteiger charge is 2.07. The van der Waals surface area contributed by atoms with Gasteiger partial charge in [-0.1, -0.05) is 36.4 Å². The lowest BCUT2D eigenvalue weighted by molar-refractivity contribution is -0.120. The predicted octanol–water partition coefficient (Wildman–Crippen LogP) is 3.59. The molecular weight excluding hydrogens is 358 g/mol. The molecule has 3 rings (SSSR count). The van der Waals surface area contributed by atoms with Gasteiger partial charge in [0.15, 0.2) is 0 Å². The fourth-order valence-corrected chi connectivity index (χ4v) is 3.28. The number of nitrogens with zero attached hydrogens (tertiary/aromatic N) is 1. The van der Waals surface area contributed by atoms with Gasteiger partial charge < -0.3 is 10.6 Å². The third-order valence-electron chi connectivity index (χ3n) is 4.11. The molecule has 0 fully saturated rings. The minimum atomic E-state index is -0.0775. The number of amides is 2. The summed E-state index contributed by atoms with van der Waals surface area (Å²) in [5, 5.41) is 8.54. The summed E-state index contributed by atoms with van der Waals surface area (Å²) in [5.41, 5.74) is 4.58. The first-order valence-electron chi connectivity index (χ1n) is 8.64. The molecule has 5 nitrogen and oxygen atoms in total. The molecule has 0 saturated heterocycles. The Morgan fingerprint density at radius 3 is 2.07 bits per heavy atom. The monoisotopic (exact) mass is 379 g/mol. The van der Waals surface area contributed by atoms with Gasteiger partial charge in [0.2, 0.25) is 11.8 Å². The number of carbonyl (C=O) groups is 2. The van der Waals surface area contributed by atoms with E-state index in [1.165, 1.54) is 0 Å².